The first-order chi connectivity index (χ1) is 7.90. The number of nitrogens with two attached hydrogens (primary N) is 1. The van der Waals surface area contributed by atoms with Crippen LogP contribution in [0.15, 0.2) is 0 Å². The van der Waals surface area contributed by atoms with Crippen molar-refractivity contribution in [2.24, 2.45) is 11.7 Å². The highest BCUT2D eigenvalue weighted by molar-refractivity contribution is 5.73. The summed E-state index contributed by atoms with van der Waals surface area (Å²) in [5.74, 6) is -0.270. The van der Waals surface area contributed by atoms with Crippen LogP contribution in [0.25, 0.3) is 0 Å². The van der Waals surface area contributed by atoms with Gasteiger partial charge in [0.15, 0.2) is 0 Å². The Balaban J connectivity index is 2.20. The molecule has 17 heavy (non-hydrogen) atoms. The smallest absolute Gasteiger partial charge is 0.310 e. The maximum atomic E-state index is 11.8. The highest BCUT2D eigenvalue weighted by Crippen LogP contribution is 2.23. The monoisotopic (exact) mass is 243 g/mol. The van der Waals surface area contributed by atoms with Crippen molar-refractivity contribution in [3.63, 3.8) is 0 Å². The minimum atomic E-state index is -0.187. The molecule has 0 aromatic heterocycles. The Hall–Kier alpha value is -0.610. The number of carbonyl (C=O) groups is 1. The Morgan fingerprint density at radius 2 is 1.88 bits per heavy atom. The van der Waals surface area contributed by atoms with E-state index in [9.17, 15) is 4.79 Å². The molecule has 4 nitrogen and oxygen atoms in total. The average Bonchev–Trinajstić information content (AvgIpc) is 2.23. The molecule has 0 aromatic rings. The fraction of sp³-hybridized carbons (Fsp3) is 0.923. The number of hydrogen-bond donors (Lipinski definition) is 1. The molecule has 0 saturated heterocycles. The third kappa shape index (κ3) is 5.50. The number of esters is 1. The fourth-order valence-corrected chi connectivity index (χ4v) is 2.05. The third-order valence-corrected chi connectivity index (χ3v) is 2.98. The lowest BCUT2D eigenvalue weighted by atomic mass is 9.85. The second-order valence-electron chi connectivity index (χ2n) is 5.68. The van der Waals surface area contributed by atoms with E-state index in [0.717, 1.165) is 25.7 Å². The molecule has 4 heteroatoms. The van der Waals surface area contributed by atoms with Crippen LogP contribution in [0.4, 0.5) is 0 Å². The summed E-state index contributed by atoms with van der Waals surface area (Å²) in [6.07, 6.45) is 3.99. The second kappa shape index (κ2) is 6.36. The van der Waals surface area contributed by atoms with Crippen molar-refractivity contribution in [3.8, 4) is 0 Å². The molecule has 0 heterocycles. The van der Waals surface area contributed by atoms with E-state index in [1.807, 2.05) is 20.8 Å². The summed E-state index contributed by atoms with van der Waals surface area (Å²) in [6, 6.07) is -0.0280. The molecule has 1 aliphatic rings. The van der Waals surface area contributed by atoms with E-state index in [0.29, 0.717) is 13.2 Å². The van der Waals surface area contributed by atoms with E-state index in [1.54, 1.807) is 0 Å². The number of hydrogen-bond acceptors (Lipinski definition) is 4. The molecule has 0 aliphatic heterocycles. The number of rotatable bonds is 4. The van der Waals surface area contributed by atoms with Gasteiger partial charge in [-0.3, -0.25) is 4.79 Å². The van der Waals surface area contributed by atoms with E-state index in [4.69, 9.17) is 15.2 Å². The zero-order valence-corrected chi connectivity index (χ0v) is 11.2. The second-order valence-corrected chi connectivity index (χ2v) is 5.68. The predicted molar refractivity (Wildman–Crippen MR) is 66.6 cm³/mol. The van der Waals surface area contributed by atoms with Gasteiger partial charge in [0.25, 0.3) is 0 Å². The molecule has 1 aliphatic carbocycles. The summed E-state index contributed by atoms with van der Waals surface area (Å²) in [5, 5.41) is 0. The van der Waals surface area contributed by atoms with Gasteiger partial charge in [0.05, 0.1) is 18.1 Å². The van der Waals surface area contributed by atoms with Crippen molar-refractivity contribution in [3.05, 3.63) is 0 Å². The van der Waals surface area contributed by atoms with Crippen molar-refractivity contribution in [1.29, 1.82) is 0 Å². The summed E-state index contributed by atoms with van der Waals surface area (Å²) in [5.41, 5.74) is 5.73. The molecule has 0 bridgehead atoms. The molecule has 0 radical (unpaired) electrons. The van der Waals surface area contributed by atoms with Crippen LogP contribution in [0.5, 0.6) is 0 Å². The van der Waals surface area contributed by atoms with Crippen LogP contribution in [-0.2, 0) is 14.3 Å². The van der Waals surface area contributed by atoms with Crippen LogP contribution in [0.1, 0.15) is 46.5 Å². The molecular formula is C13H25NO3. The van der Waals surface area contributed by atoms with Gasteiger partial charge in [-0.2, -0.15) is 0 Å². The third-order valence-electron chi connectivity index (χ3n) is 2.98. The van der Waals surface area contributed by atoms with Crippen LogP contribution >= 0.6 is 0 Å². The molecule has 1 fully saturated rings. The van der Waals surface area contributed by atoms with E-state index < -0.39 is 0 Å². The molecule has 0 amide bonds. The Bertz CT molecular complexity index is 248. The summed E-state index contributed by atoms with van der Waals surface area (Å²) in [6.45, 7) is 6.69. The molecule has 0 spiro atoms. The molecule has 0 aromatic carbocycles. The maximum Gasteiger partial charge on any atom is 0.310 e. The summed E-state index contributed by atoms with van der Waals surface area (Å²) >= 11 is 0. The minimum absolute atomic E-state index is 0.0280. The Morgan fingerprint density at radius 3 is 2.47 bits per heavy atom. The van der Waals surface area contributed by atoms with Crippen molar-refractivity contribution in [1.82, 2.24) is 0 Å². The van der Waals surface area contributed by atoms with E-state index >= 15 is 0 Å². The van der Waals surface area contributed by atoms with Crippen LogP contribution < -0.4 is 5.73 Å². The van der Waals surface area contributed by atoms with Crippen molar-refractivity contribution < 1.29 is 14.3 Å². The van der Waals surface area contributed by atoms with Crippen molar-refractivity contribution in [2.45, 2.75) is 58.1 Å². The highest BCUT2D eigenvalue weighted by atomic mass is 16.6. The zero-order chi connectivity index (χ0) is 12.9. The average molecular weight is 243 g/mol. The molecule has 1 rings (SSSR count). The van der Waals surface area contributed by atoms with Crippen LogP contribution in [0, 0.1) is 5.92 Å². The SMILES string of the molecule is CC(C)(C)OCCOC(=O)C1CCCCC1N. The van der Waals surface area contributed by atoms with Gasteiger partial charge in [-0.1, -0.05) is 12.8 Å². The highest BCUT2D eigenvalue weighted by Gasteiger charge is 2.29. The van der Waals surface area contributed by atoms with E-state index in [1.165, 1.54) is 0 Å². The summed E-state index contributed by atoms with van der Waals surface area (Å²) < 4.78 is 10.7. The fourth-order valence-electron chi connectivity index (χ4n) is 2.05. The van der Waals surface area contributed by atoms with Gasteiger partial charge in [-0.05, 0) is 33.6 Å². The van der Waals surface area contributed by atoms with Gasteiger partial charge in [-0.25, -0.2) is 0 Å². The zero-order valence-electron chi connectivity index (χ0n) is 11.2. The van der Waals surface area contributed by atoms with Gasteiger partial charge >= 0.3 is 5.97 Å². The number of carbonyl (C=O) groups excluding carboxylic acids is 1. The van der Waals surface area contributed by atoms with Gasteiger partial charge in [0.1, 0.15) is 6.61 Å². The minimum Gasteiger partial charge on any atom is -0.463 e. The molecule has 1 saturated carbocycles. The lowest BCUT2D eigenvalue weighted by Gasteiger charge is -2.27. The lowest BCUT2D eigenvalue weighted by molar-refractivity contribution is -0.153. The Labute approximate surface area is 104 Å². The normalized spacial score (nSPS) is 25.6. The Kier molecular flexibility index (Phi) is 5.40. The molecule has 2 N–H and O–H groups in total. The van der Waals surface area contributed by atoms with Gasteiger partial charge in [-0.15, -0.1) is 0 Å². The quantitative estimate of drug-likeness (QED) is 0.605. The van der Waals surface area contributed by atoms with Gasteiger partial charge < -0.3 is 15.2 Å². The topological polar surface area (TPSA) is 61.5 Å². The first-order valence-electron chi connectivity index (χ1n) is 6.46. The van der Waals surface area contributed by atoms with Crippen LogP contribution in [0.2, 0.25) is 0 Å². The maximum absolute atomic E-state index is 11.8. The first kappa shape index (κ1) is 14.5. The lowest BCUT2D eigenvalue weighted by Crippen LogP contribution is -2.39. The van der Waals surface area contributed by atoms with Crippen molar-refractivity contribution >= 4 is 5.97 Å². The molecular weight excluding hydrogens is 218 g/mol. The van der Waals surface area contributed by atoms with Gasteiger partial charge in [0, 0.05) is 6.04 Å². The van der Waals surface area contributed by atoms with Gasteiger partial charge in [0.2, 0.25) is 0 Å². The van der Waals surface area contributed by atoms with Crippen molar-refractivity contribution in [2.75, 3.05) is 13.2 Å². The van der Waals surface area contributed by atoms with E-state index in [-0.39, 0.29) is 23.5 Å². The summed E-state index contributed by atoms with van der Waals surface area (Å²) in [4.78, 5) is 11.8. The van der Waals surface area contributed by atoms with Crippen LogP contribution in [-0.4, -0.2) is 30.8 Å². The molecule has 2 unspecified atom stereocenters. The molecule has 2 atom stereocenters. The predicted octanol–water partition coefficient (Wildman–Crippen LogP) is 1.86. The Morgan fingerprint density at radius 1 is 1.24 bits per heavy atom. The summed E-state index contributed by atoms with van der Waals surface area (Å²) in [7, 11) is 0. The largest absolute Gasteiger partial charge is 0.463 e. The molecule has 100 valence electrons. The van der Waals surface area contributed by atoms with E-state index in [2.05, 4.69) is 0 Å². The number of ether oxygens (including phenoxy) is 2. The van der Waals surface area contributed by atoms with Crippen LogP contribution in [0.3, 0.4) is 0 Å². The first-order valence-corrected chi connectivity index (χ1v) is 6.46. The standard InChI is InChI=1S/C13H25NO3/c1-13(2,3)17-9-8-16-12(15)10-6-4-5-7-11(10)14/h10-11H,4-9,14H2,1-3H3.